The number of hydrogen-bond acceptors (Lipinski definition) is 18. The van der Waals surface area contributed by atoms with Gasteiger partial charge in [0.1, 0.15) is 73.2 Å². The van der Waals surface area contributed by atoms with E-state index in [9.17, 15) is 61.0 Å². The summed E-state index contributed by atoms with van der Waals surface area (Å²) in [6.07, 6.45) is 39.5. The van der Waals surface area contributed by atoms with Crippen LogP contribution < -0.4 is 5.32 Å². The number of nitrogens with one attached hydrogen (secondary N) is 1. The molecule has 3 aliphatic heterocycles. The highest BCUT2D eigenvalue weighted by atomic mass is 16.8. The molecular formula is C73H133NO18. The number of hydrogen-bond donors (Lipinski definition) is 12. The average molecular weight is 1310 g/mol. The molecule has 12 N–H and O–H groups in total. The molecule has 0 radical (unpaired) electrons. The van der Waals surface area contributed by atoms with Crippen molar-refractivity contribution in [1.82, 2.24) is 5.32 Å². The van der Waals surface area contributed by atoms with Gasteiger partial charge in [-0.25, -0.2) is 0 Å². The van der Waals surface area contributed by atoms with Gasteiger partial charge in [-0.15, -0.1) is 0 Å². The van der Waals surface area contributed by atoms with Gasteiger partial charge in [0.15, 0.2) is 18.9 Å². The van der Waals surface area contributed by atoms with Crippen molar-refractivity contribution in [3.05, 3.63) is 48.6 Å². The van der Waals surface area contributed by atoms with Crippen LogP contribution in [0.25, 0.3) is 0 Å². The minimum absolute atomic E-state index is 0.229. The number of allylic oxidation sites excluding steroid dienone is 7. The van der Waals surface area contributed by atoms with Crippen molar-refractivity contribution < 1.29 is 89.4 Å². The predicted octanol–water partition coefficient (Wildman–Crippen LogP) is 10.6. The van der Waals surface area contributed by atoms with Gasteiger partial charge in [0.25, 0.3) is 0 Å². The lowest BCUT2D eigenvalue weighted by Crippen LogP contribution is -2.66. The Morgan fingerprint density at radius 2 is 0.696 bits per heavy atom. The van der Waals surface area contributed by atoms with Gasteiger partial charge in [0.05, 0.1) is 38.6 Å². The first kappa shape index (κ1) is 84.0. The summed E-state index contributed by atoms with van der Waals surface area (Å²) in [5.74, 6) is -0.290. The largest absolute Gasteiger partial charge is 0.394 e. The molecule has 0 aromatic rings. The van der Waals surface area contributed by atoms with Crippen molar-refractivity contribution in [2.75, 3.05) is 26.4 Å². The lowest BCUT2D eigenvalue weighted by Gasteiger charge is -2.48. The second-order valence-electron chi connectivity index (χ2n) is 26.4. The molecule has 17 atom stereocenters. The van der Waals surface area contributed by atoms with Crippen LogP contribution in [0.3, 0.4) is 0 Å². The summed E-state index contributed by atoms with van der Waals surface area (Å²) in [4.78, 5) is 13.4. The second-order valence-corrected chi connectivity index (χ2v) is 26.4. The zero-order valence-electron chi connectivity index (χ0n) is 57.0. The normalized spacial score (nSPS) is 27.9. The fourth-order valence-corrected chi connectivity index (χ4v) is 12.3. The molecule has 0 bridgehead atoms. The van der Waals surface area contributed by atoms with E-state index in [4.69, 9.17) is 28.4 Å². The smallest absolute Gasteiger partial charge is 0.220 e. The highest BCUT2D eigenvalue weighted by Gasteiger charge is 2.53. The van der Waals surface area contributed by atoms with E-state index in [0.29, 0.717) is 12.8 Å². The molecule has 1 amide bonds. The van der Waals surface area contributed by atoms with Crippen molar-refractivity contribution >= 4 is 5.91 Å². The summed E-state index contributed by atoms with van der Waals surface area (Å²) in [5.41, 5.74) is 0. The number of ether oxygens (including phenoxy) is 6. The minimum Gasteiger partial charge on any atom is -0.394 e. The number of unbranched alkanes of at least 4 members (excludes halogenated alkanes) is 35. The van der Waals surface area contributed by atoms with Crippen LogP contribution in [0.15, 0.2) is 48.6 Å². The Morgan fingerprint density at radius 3 is 1.09 bits per heavy atom. The Labute approximate surface area is 554 Å². The van der Waals surface area contributed by atoms with Crippen LogP contribution in [0, 0.1) is 0 Å². The van der Waals surface area contributed by atoms with E-state index in [-0.39, 0.29) is 18.9 Å². The number of aliphatic hydroxyl groups is 11. The maximum absolute atomic E-state index is 13.4. The van der Waals surface area contributed by atoms with Gasteiger partial charge in [0.2, 0.25) is 5.91 Å². The van der Waals surface area contributed by atoms with Gasteiger partial charge in [-0.1, -0.05) is 249 Å². The van der Waals surface area contributed by atoms with Gasteiger partial charge in [0, 0.05) is 6.42 Å². The third-order valence-corrected chi connectivity index (χ3v) is 18.3. The quantitative estimate of drug-likeness (QED) is 0.0199. The van der Waals surface area contributed by atoms with E-state index in [1.54, 1.807) is 6.08 Å². The monoisotopic (exact) mass is 1310 g/mol. The standard InChI is InChI=1S/C73H133NO18/c1-3-5-7-9-11-13-15-17-19-21-23-24-25-26-27-28-29-30-31-33-34-36-38-40-42-44-46-48-50-57(78)56(74-61(79)51-49-47-45-43-41-39-37-35-32-22-20-18-16-14-12-10-8-6-4-2)55-87-71-67(85)64(82)69(59(53-76)89-71)92-73-68(86)65(83)70(60(54-77)90-73)91-72-66(84)63(81)62(80)58(52-75)88-72/h18,20,33-34,40,42,48,50,56-60,62-73,75-78,80-86H,3-17,19,21-32,35-39,41,43-47,49,51-55H2,1-2H3,(H,74,79)/b20-18-,34-33+,42-40+,50-48+. The maximum Gasteiger partial charge on any atom is 0.220 e. The molecule has 0 aliphatic carbocycles. The van der Waals surface area contributed by atoms with E-state index >= 15 is 0 Å². The van der Waals surface area contributed by atoms with Gasteiger partial charge in [-0.05, 0) is 70.6 Å². The molecule has 3 rings (SSSR count). The summed E-state index contributed by atoms with van der Waals surface area (Å²) in [6, 6.07) is -0.999. The Kier molecular flexibility index (Phi) is 50.0. The van der Waals surface area contributed by atoms with E-state index < -0.39 is 124 Å². The summed E-state index contributed by atoms with van der Waals surface area (Å²) < 4.78 is 34.4. The number of aliphatic hydroxyl groups excluding tert-OH is 11. The molecule has 17 unspecified atom stereocenters. The lowest BCUT2D eigenvalue weighted by molar-refractivity contribution is -0.379. The maximum atomic E-state index is 13.4. The first-order valence-electron chi connectivity index (χ1n) is 36.9. The summed E-state index contributed by atoms with van der Waals surface area (Å²) in [5, 5.41) is 121. The number of carbonyl (C=O) groups excluding carboxylic acids is 1. The van der Waals surface area contributed by atoms with E-state index in [1.165, 1.54) is 186 Å². The SMILES string of the molecule is CCCCCCCC/C=C\CCCCCCCCCCCC(=O)NC(COC1OC(CO)C(OC2OC(CO)C(OC3OC(CO)C(O)C(O)C3O)C(O)C2O)C(O)C1O)C(O)/C=C/CC/C=C/CC/C=C/CCCCCCCCCCCCCCCCCCCC. The molecule has 92 heavy (non-hydrogen) atoms. The van der Waals surface area contributed by atoms with Crippen LogP contribution in [0.1, 0.15) is 277 Å². The third kappa shape index (κ3) is 35.8. The van der Waals surface area contributed by atoms with E-state index in [2.05, 4.69) is 55.6 Å². The molecule has 0 aromatic heterocycles. The van der Waals surface area contributed by atoms with E-state index in [0.717, 1.165) is 57.8 Å². The molecule has 0 aromatic carbocycles. The molecule has 3 heterocycles. The first-order valence-corrected chi connectivity index (χ1v) is 36.9. The Balaban J connectivity index is 1.43. The highest BCUT2D eigenvalue weighted by molar-refractivity contribution is 5.76. The Hall–Kier alpha value is -2.25. The Morgan fingerprint density at radius 1 is 0.380 bits per heavy atom. The van der Waals surface area contributed by atoms with Crippen LogP contribution in [0.4, 0.5) is 0 Å². The topological polar surface area (TPSA) is 307 Å². The molecule has 538 valence electrons. The van der Waals surface area contributed by atoms with Crippen LogP contribution in [-0.4, -0.2) is 193 Å². The highest BCUT2D eigenvalue weighted by Crippen LogP contribution is 2.33. The molecule has 0 spiro atoms. The first-order chi connectivity index (χ1) is 44.8. The number of amides is 1. The third-order valence-electron chi connectivity index (χ3n) is 18.3. The number of rotatable bonds is 57. The lowest BCUT2D eigenvalue weighted by atomic mass is 9.96. The van der Waals surface area contributed by atoms with Crippen molar-refractivity contribution in [3.8, 4) is 0 Å². The van der Waals surface area contributed by atoms with Gasteiger partial charge in [-0.2, -0.15) is 0 Å². The van der Waals surface area contributed by atoms with E-state index in [1.807, 2.05) is 6.08 Å². The summed E-state index contributed by atoms with van der Waals surface area (Å²) in [7, 11) is 0. The van der Waals surface area contributed by atoms with Crippen molar-refractivity contribution in [2.45, 2.75) is 381 Å². The molecular weight excluding hydrogens is 1180 g/mol. The van der Waals surface area contributed by atoms with Gasteiger partial charge >= 0.3 is 0 Å². The summed E-state index contributed by atoms with van der Waals surface area (Å²) >= 11 is 0. The van der Waals surface area contributed by atoms with Gasteiger partial charge < -0.3 is 89.9 Å². The second kappa shape index (κ2) is 54.7. The number of carbonyl (C=O) groups is 1. The fourth-order valence-electron chi connectivity index (χ4n) is 12.3. The minimum atomic E-state index is -1.98. The molecule has 3 fully saturated rings. The van der Waals surface area contributed by atoms with Crippen LogP contribution in [-0.2, 0) is 33.2 Å². The summed E-state index contributed by atoms with van der Waals surface area (Å²) in [6.45, 7) is 1.73. The van der Waals surface area contributed by atoms with Crippen molar-refractivity contribution in [2.24, 2.45) is 0 Å². The van der Waals surface area contributed by atoms with Crippen LogP contribution >= 0.6 is 0 Å². The molecule has 19 nitrogen and oxygen atoms in total. The van der Waals surface area contributed by atoms with Crippen molar-refractivity contribution in [1.29, 1.82) is 0 Å². The zero-order valence-corrected chi connectivity index (χ0v) is 57.0. The Bertz CT molecular complexity index is 1860. The predicted molar refractivity (Wildman–Crippen MR) is 360 cm³/mol. The molecule has 3 aliphatic rings. The zero-order chi connectivity index (χ0) is 66.8. The molecule has 0 saturated carbocycles. The van der Waals surface area contributed by atoms with Crippen LogP contribution in [0.2, 0.25) is 0 Å². The average Bonchev–Trinajstić information content (AvgIpc) is 0.855. The fraction of sp³-hybridized carbons (Fsp3) is 0.877. The van der Waals surface area contributed by atoms with Gasteiger partial charge in [-0.3, -0.25) is 4.79 Å². The van der Waals surface area contributed by atoms with Crippen molar-refractivity contribution in [3.63, 3.8) is 0 Å². The molecule has 3 saturated heterocycles. The van der Waals surface area contributed by atoms with Crippen LogP contribution in [0.5, 0.6) is 0 Å². The molecule has 19 heteroatoms.